The van der Waals surface area contributed by atoms with Crippen LogP contribution < -0.4 is 15.5 Å². The lowest BCUT2D eigenvalue weighted by Gasteiger charge is -2.17. The van der Waals surface area contributed by atoms with Crippen LogP contribution in [-0.4, -0.2) is 24.1 Å². The molecule has 6 heteroatoms. The van der Waals surface area contributed by atoms with E-state index in [9.17, 15) is 4.79 Å². The number of carbonyl (C=O) groups is 1. The molecule has 5 nitrogen and oxygen atoms in total. The first-order valence-electron chi connectivity index (χ1n) is 7.97. The molecule has 1 aromatic heterocycles. The highest BCUT2D eigenvalue weighted by Gasteiger charge is 2.11. The first-order valence-corrected chi connectivity index (χ1v) is 8.85. The Kier molecular flexibility index (Phi) is 5.12. The van der Waals surface area contributed by atoms with Crippen molar-refractivity contribution < 1.29 is 4.79 Å². The molecule has 1 aliphatic heterocycles. The maximum absolute atomic E-state index is 11.8. The number of anilines is 1. The van der Waals surface area contributed by atoms with Gasteiger partial charge in [0, 0.05) is 36.4 Å². The van der Waals surface area contributed by atoms with Crippen LogP contribution in [-0.2, 0) is 13.1 Å². The average Bonchev–Trinajstić information content (AvgIpc) is 3.23. The normalized spacial score (nSPS) is 14.0. The van der Waals surface area contributed by atoms with E-state index in [1.165, 1.54) is 18.5 Å². The molecule has 1 fully saturated rings. The minimum Gasteiger partial charge on any atom is -0.372 e. The van der Waals surface area contributed by atoms with Crippen LogP contribution in [0.25, 0.3) is 0 Å². The quantitative estimate of drug-likeness (QED) is 0.886. The minimum atomic E-state index is -0.165. The van der Waals surface area contributed by atoms with Crippen molar-refractivity contribution in [2.24, 2.45) is 0 Å². The summed E-state index contributed by atoms with van der Waals surface area (Å²) in [5.74, 6) is 0. The van der Waals surface area contributed by atoms with Crippen molar-refractivity contribution >= 4 is 23.1 Å². The summed E-state index contributed by atoms with van der Waals surface area (Å²) in [5, 5.41) is 8.61. The van der Waals surface area contributed by atoms with Crippen LogP contribution in [0.5, 0.6) is 0 Å². The third kappa shape index (κ3) is 4.45. The molecule has 2 amide bonds. The second-order valence-electron chi connectivity index (χ2n) is 5.78. The summed E-state index contributed by atoms with van der Waals surface area (Å²) >= 11 is 1.56. The van der Waals surface area contributed by atoms with Crippen LogP contribution in [0.1, 0.15) is 29.1 Å². The Hall–Kier alpha value is -2.08. The molecule has 0 unspecified atom stereocenters. The number of rotatable bonds is 5. The molecule has 2 aromatic rings. The molecule has 0 radical (unpaired) electrons. The zero-order valence-corrected chi connectivity index (χ0v) is 14.2. The van der Waals surface area contributed by atoms with Gasteiger partial charge in [-0.05, 0) is 37.5 Å². The molecule has 122 valence electrons. The second kappa shape index (κ2) is 7.46. The topological polar surface area (TPSA) is 57.3 Å². The molecule has 0 aliphatic carbocycles. The monoisotopic (exact) mass is 330 g/mol. The summed E-state index contributed by atoms with van der Waals surface area (Å²) in [4.78, 5) is 18.5. The number of nitrogens with one attached hydrogen (secondary N) is 2. The maximum atomic E-state index is 11.8. The summed E-state index contributed by atoms with van der Waals surface area (Å²) in [6.45, 7) is 5.25. The van der Waals surface area contributed by atoms with Crippen molar-refractivity contribution in [1.29, 1.82) is 0 Å². The summed E-state index contributed by atoms with van der Waals surface area (Å²) < 4.78 is 0. The second-order valence-corrected chi connectivity index (χ2v) is 6.72. The molecule has 1 aromatic carbocycles. The van der Waals surface area contributed by atoms with Crippen molar-refractivity contribution in [2.75, 3.05) is 18.0 Å². The zero-order valence-electron chi connectivity index (χ0n) is 13.3. The molecule has 23 heavy (non-hydrogen) atoms. The van der Waals surface area contributed by atoms with E-state index < -0.39 is 0 Å². The van der Waals surface area contributed by atoms with Crippen LogP contribution in [0.4, 0.5) is 10.5 Å². The van der Waals surface area contributed by atoms with Gasteiger partial charge in [-0.2, -0.15) is 0 Å². The summed E-state index contributed by atoms with van der Waals surface area (Å²) in [6.07, 6.45) is 2.56. The van der Waals surface area contributed by atoms with Crippen molar-refractivity contribution in [3.8, 4) is 0 Å². The van der Waals surface area contributed by atoms with E-state index in [1.807, 2.05) is 12.3 Å². The molecule has 0 spiro atoms. The zero-order chi connectivity index (χ0) is 16.1. The Morgan fingerprint density at radius 2 is 1.87 bits per heavy atom. The van der Waals surface area contributed by atoms with Gasteiger partial charge in [-0.3, -0.25) is 0 Å². The van der Waals surface area contributed by atoms with Crippen LogP contribution in [0.15, 0.2) is 29.6 Å². The van der Waals surface area contributed by atoms with Gasteiger partial charge in [0.15, 0.2) is 0 Å². The van der Waals surface area contributed by atoms with Crippen molar-refractivity contribution in [1.82, 2.24) is 15.6 Å². The first-order chi connectivity index (χ1) is 11.2. The van der Waals surface area contributed by atoms with Gasteiger partial charge in [0.2, 0.25) is 0 Å². The summed E-state index contributed by atoms with van der Waals surface area (Å²) in [5.41, 5.74) is 3.37. The number of aryl methyl sites for hydroxylation is 1. The Bertz CT molecular complexity index is 647. The van der Waals surface area contributed by atoms with E-state index in [2.05, 4.69) is 44.8 Å². The van der Waals surface area contributed by atoms with Gasteiger partial charge in [0.1, 0.15) is 5.01 Å². The molecule has 1 aliphatic rings. The summed E-state index contributed by atoms with van der Waals surface area (Å²) in [6, 6.07) is 8.27. The number of hydrogen-bond acceptors (Lipinski definition) is 4. The molecule has 1 saturated heterocycles. The van der Waals surface area contributed by atoms with E-state index in [4.69, 9.17) is 0 Å². The van der Waals surface area contributed by atoms with E-state index in [-0.39, 0.29) is 6.03 Å². The van der Waals surface area contributed by atoms with Crippen LogP contribution in [0.3, 0.4) is 0 Å². The molecule has 0 saturated carbocycles. The lowest BCUT2D eigenvalue weighted by molar-refractivity contribution is 0.240. The number of amides is 2. The van der Waals surface area contributed by atoms with E-state index >= 15 is 0 Å². The standard InChI is InChI=1S/C17H22N4OS/c1-13-12-23-16(20-13)11-19-17(22)18-10-14-4-6-15(7-5-14)21-8-2-3-9-21/h4-7,12H,2-3,8-11H2,1H3,(H2,18,19,22). The maximum Gasteiger partial charge on any atom is 0.315 e. The van der Waals surface area contributed by atoms with Crippen LogP contribution in [0, 0.1) is 6.92 Å². The number of thiazole rings is 1. The first kappa shape index (κ1) is 15.8. The Balaban J connectivity index is 1.43. The SMILES string of the molecule is Cc1csc(CNC(=O)NCc2ccc(N3CCCC3)cc2)n1. The van der Waals surface area contributed by atoms with E-state index in [0.29, 0.717) is 13.1 Å². The molecule has 2 N–H and O–H groups in total. The van der Waals surface area contributed by atoms with E-state index in [0.717, 1.165) is 29.4 Å². The van der Waals surface area contributed by atoms with Gasteiger partial charge in [-0.15, -0.1) is 11.3 Å². The lowest BCUT2D eigenvalue weighted by atomic mass is 10.2. The van der Waals surface area contributed by atoms with Crippen molar-refractivity contribution in [3.63, 3.8) is 0 Å². The minimum absolute atomic E-state index is 0.165. The number of hydrogen-bond donors (Lipinski definition) is 2. The smallest absolute Gasteiger partial charge is 0.315 e. The lowest BCUT2D eigenvalue weighted by Crippen LogP contribution is -2.34. The summed E-state index contributed by atoms with van der Waals surface area (Å²) in [7, 11) is 0. The molecular formula is C17H22N4OS. The fourth-order valence-electron chi connectivity index (χ4n) is 2.68. The largest absolute Gasteiger partial charge is 0.372 e. The van der Waals surface area contributed by atoms with Gasteiger partial charge in [-0.25, -0.2) is 9.78 Å². The van der Waals surface area contributed by atoms with E-state index in [1.54, 1.807) is 11.3 Å². The molecule has 3 rings (SSSR count). The van der Waals surface area contributed by atoms with Gasteiger partial charge in [0.05, 0.1) is 6.54 Å². The number of aromatic nitrogens is 1. The predicted octanol–water partition coefficient (Wildman–Crippen LogP) is 3.05. The Morgan fingerprint density at radius 3 is 2.52 bits per heavy atom. The molecule has 0 atom stereocenters. The predicted molar refractivity (Wildman–Crippen MR) is 93.8 cm³/mol. The average molecular weight is 330 g/mol. The fourth-order valence-corrected chi connectivity index (χ4v) is 3.40. The third-order valence-corrected chi connectivity index (χ3v) is 4.89. The van der Waals surface area contributed by atoms with Crippen LogP contribution in [0.2, 0.25) is 0 Å². The van der Waals surface area contributed by atoms with Crippen molar-refractivity contribution in [2.45, 2.75) is 32.9 Å². The molecule has 2 heterocycles. The number of carbonyl (C=O) groups excluding carboxylic acids is 1. The van der Waals surface area contributed by atoms with Gasteiger partial charge < -0.3 is 15.5 Å². The fraction of sp³-hybridized carbons (Fsp3) is 0.412. The third-order valence-electron chi connectivity index (χ3n) is 3.93. The number of nitrogens with zero attached hydrogens (tertiary/aromatic N) is 2. The van der Waals surface area contributed by atoms with Gasteiger partial charge >= 0.3 is 6.03 Å². The highest BCUT2D eigenvalue weighted by Crippen LogP contribution is 2.20. The van der Waals surface area contributed by atoms with Crippen molar-refractivity contribution in [3.05, 3.63) is 45.9 Å². The number of urea groups is 1. The highest BCUT2D eigenvalue weighted by molar-refractivity contribution is 7.09. The van der Waals surface area contributed by atoms with Gasteiger partial charge in [0.25, 0.3) is 0 Å². The van der Waals surface area contributed by atoms with Crippen LogP contribution >= 0.6 is 11.3 Å². The number of benzene rings is 1. The van der Waals surface area contributed by atoms with Gasteiger partial charge in [-0.1, -0.05) is 12.1 Å². The molecule has 0 bridgehead atoms. The Morgan fingerprint density at radius 1 is 1.17 bits per heavy atom. The molecular weight excluding hydrogens is 308 g/mol. The highest BCUT2D eigenvalue weighted by atomic mass is 32.1. The Labute approximate surface area is 140 Å².